The van der Waals surface area contributed by atoms with Crippen LogP contribution in [0, 0.1) is 6.92 Å². The predicted molar refractivity (Wildman–Crippen MR) is 84.8 cm³/mol. The monoisotopic (exact) mass is 332 g/mol. The van der Waals surface area contributed by atoms with Gasteiger partial charge in [0.1, 0.15) is 4.60 Å². The molecule has 0 fully saturated rings. The molecule has 0 saturated carbocycles. The third-order valence-electron chi connectivity index (χ3n) is 3.34. The zero-order chi connectivity index (χ0) is 14.8. The van der Waals surface area contributed by atoms with Crippen LogP contribution in [0.4, 0.5) is 5.69 Å². The first-order chi connectivity index (χ1) is 9.41. The second-order valence-corrected chi connectivity index (χ2v) is 6.03. The van der Waals surface area contributed by atoms with Crippen LogP contribution in [0.2, 0.25) is 0 Å². The maximum atomic E-state index is 12.5. The summed E-state index contributed by atoms with van der Waals surface area (Å²) >= 11 is 3.35. The number of hydrogen-bond donors (Lipinski definition) is 1. The van der Waals surface area contributed by atoms with Crippen LogP contribution in [0.15, 0.2) is 47.2 Å². The van der Waals surface area contributed by atoms with Gasteiger partial charge in [-0.25, -0.2) is 4.98 Å². The summed E-state index contributed by atoms with van der Waals surface area (Å²) in [6.07, 6.45) is 1.65. The Morgan fingerprint density at radius 1 is 1.25 bits per heavy atom. The van der Waals surface area contributed by atoms with E-state index in [1.807, 2.05) is 57.2 Å². The Morgan fingerprint density at radius 2 is 1.90 bits per heavy atom. The highest BCUT2D eigenvalue weighted by atomic mass is 79.9. The van der Waals surface area contributed by atoms with E-state index in [1.54, 1.807) is 6.20 Å². The van der Waals surface area contributed by atoms with E-state index >= 15 is 0 Å². The lowest BCUT2D eigenvalue weighted by molar-refractivity contribution is -0.120. The SMILES string of the molecule is Cc1cc(NC(=O)C(C)(C)c2ccccc2)cnc1Br. The lowest BCUT2D eigenvalue weighted by Crippen LogP contribution is -2.34. The first kappa shape index (κ1) is 14.7. The number of carbonyl (C=O) groups is 1. The molecule has 2 aromatic rings. The molecule has 4 heteroatoms. The van der Waals surface area contributed by atoms with E-state index < -0.39 is 5.41 Å². The van der Waals surface area contributed by atoms with E-state index in [1.165, 1.54) is 0 Å². The minimum Gasteiger partial charge on any atom is -0.324 e. The summed E-state index contributed by atoms with van der Waals surface area (Å²) in [6, 6.07) is 11.6. The Balaban J connectivity index is 2.21. The molecule has 0 radical (unpaired) electrons. The van der Waals surface area contributed by atoms with E-state index in [0.29, 0.717) is 5.69 Å². The van der Waals surface area contributed by atoms with Crippen molar-refractivity contribution in [2.45, 2.75) is 26.2 Å². The van der Waals surface area contributed by atoms with Crippen LogP contribution in [0.1, 0.15) is 25.0 Å². The number of aryl methyl sites for hydroxylation is 1. The summed E-state index contributed by atoms with van der Waals surface area (Å²) in [5.74, 6) is -0.0489. The molecule has 0 spiro atoms. The van der Waals surface area contributed by atoms with Crippen LogP contribution in [-0.2, 0) is 10.2 Å². The molecular formula is C16H17BrN2O. The maximum Gasteiger partial charge on any atom is 0.234 e. The molecule has 1 aromatic carbocycles. The number of carbonyl (C=O) groups excluding carboxylic acids is 1. The molecule has 104 valence electrons. The summed E-state index contributed by atoms with van der Waals surface area (Å²) < 4.78 is 0.790. The van der Waals surface area contributed by atoms with Crippen LogP contribution >= 0.6 is 15.9 Å². The van der Waals surface area contributed by atoms with E-state index in [2.05, 4.69) is 26.2 Å². The predicted octanol–water partition coefficient (Wildman–Crippen LogP) is 4.07. The van der Waals surface area contributed by atoms with Gasteiger partial charge in [0.15, 0.2) is 0 Å². The molecule has 0 saturated heterocycles. The Hall–Kier alpha value is -1.68. The fourth-order valence-electron chi connectivity index (χ4n) is 1.90. The van der Waals surface area contributed by atoms with Crippen molar-refractivity contribution in [3.8, 4) is 0 Å². The van der Waals surface area contributed by atoms with Crippen LogP contribution in [0.25, 0.3) is 0 Å². The zero-order valence-electron chi connectivity index (χ0n) is 11.8. The topological polar surface area (TPSA) is 42.0 Å². The maximum absolute atomic E-state index is 12.5. The Labute approximate surface area is 127 Å². The van der Waals surface area contributed by atoms with Crippen LogP contribution in [-0.4, -0.2) is 10.9 Å². The molecule has 0 bridgehead atoms. The smallest absolute Gasteiger partial charge is 0.234 e. The van der Waals surface area contributed by atoms with Crippen molar-refractivity contribution < 1.29 is 4.79 Å². The van der Waals surface area contributed by atoms with Crippen molar-refractivity contribution in [1.82, 2.24) is 4.98 Å². The molecular weight excluding hydrogens is 316 g/mol. The lowest BCUT2D eigenvalue weighted by atomic mass is 9.83. The van der Waals surface area contributed by atoms with Crippen molar-refractivity contribution in [1.29, 1.82) is 0 Å². The van der Waals surface area contributed by atoms with Gasteiger partial charge < -0.3 is 5.32 Å². The average molecular weight is 333 g/mol. The van der Waals surface area contributed by atoms with E-state index in [9.17, 15) is 4.79 Å². The van der Waals surface area contributed by atoms with Crippen molar-refractivity contribution >= 4 is 27.5 Å². The highest BCUT2D eigenvalue weighted by Crippen LogP contribution is 2.25. The molecule has 0 unspecified atom stereocenters. The summed E-state index contributed by atoms with van der Waals surface area (Å²) in [5.41, 5.74) is 2.08. The number of hydrogen-bond acceptors (Lipinski definition) is 2. The molecule has 1 aromatic heterocycles. The van der Waals surface area contributed by atoms with Gasteiger partial charge in [-0.15, -0.1) is 0 Å². The van der Waals surface area contributed by atoms with Crippen molar-refractivity contribution in [3.63, 3.8) is 0 Å². The summed E-state index contributed by atoms with van der Waals surface area (Å²) in [5, 5.41) is 2.93. The molecule has 3 nitrogen and oxygen atoms in total. The number of amides is 1. The van der Waals surface area contributed by atoms with Crippen molar-refractivity contribution in [2.24, 2.45) is 0 Å². The van der Waals surface area contributed by atoms with Gasteiger partial charge >= 0.3 is 0 Å². The number of nitrogens with one attached hydrogen (secondary N) is 1. The first-order valence-electron chi connectivity index (χ1n) is 6.40. The number of benzene rings is 1. The van der Waals surface area contributed by atoms with Crippen molar-refractivity contribution in [3.05, 3.63) is 58.3 Å². The standard InChI is InChI=1S/C16H17BrN2O/c1-11-9-13(10-18-14(11)17)19-15(20)16(2,3)12-7-5-4-6-8-12/h4-10H,1-3H3,(H,19,20). The molecule has 1 amide bonds. The highest BCUT2D eigenvalue weighted by molar-refractivity contribution is 9.10. The normalized spacial score (nSPS) is 11.2. The fourth-order valence-corrected chi connectivity index (χ4v) is 2.12. The van der Waals surface area contributed by atoms with Crippen LogP contribution in [0.5, 0.6) is 0 Å². The van der Waals surface area contributed by atoms with E-state index in [4.69, 9.17) is 0 Å². The van der Waals surface area contributed by atoms with Gasteiger partial charge in [0.05, 0.1) is 17.3 Å². The molecule has 20 heavy (non-hydrogen) atoms. The molecule has 2 rings (SSSR count). The van der Waals surface area contributed by atoms with Gasteiger partial charge in [-0.2, -0.15) is 0 Å². The highest BCUT2D eigenvalue weighted by Gasteiger charge is 2.29. The average Bonchev–Trinajstić information content (AvgIpc) is 2.44. The zero-order valence-corrected chi connectivity index (χ0v) is 13.4. The summed E-state index contributed by atoms with van der Waals surface area (Å²) in [6.45, 7) is 5.77. The summed E-state index contributed by atoms with van der Waals surface area (Å²) in [4.78, 5) is 16.7. The molecule has 0 atom stereocenters. The Kier molecular flexibility index (Phi) is 4.23. The third kappa shape index (κ3) is 3.07. The molecule has 0 aliphatic rings. The number of halogens is 1. The second kappa shape index (κ2) is 5.75. The quantitative estimate of drug-likeness (QED) is 0.861. The Morgan fingerprint density at radius 3 is 2.50 bits per heavy atom. The van der Waals surface area contributed by atoms with Crippen LogP contribution in [0.3, 0.4) is 0 Å². The van der Waals surface area contributed by atoms with Gasteiger partial charge in [-0.3, -0.25) is 4.79 Å². The largest absolute Gasteiger partial charge is 0.324 e. The van der Waals surface area contributed by atoms with Gasteiger partial charge in [0.25, 0.3) is 0 Å². The number of aromatic nitrogens is 1. The van der Waals surface area contributed by atoms with E-state index in [0.717, 1.165) is 15.7 Å². The molecule has 0 aliphatic carbocycles. The van der Waals surface area contributed by atoms with Crippen molar-refractivity contribution in [2.75, 3.05) is 5.32 Å². The second-order valence-electron chi connectivity index (χ2n) is 5.28. The lowest BCUT2D eigenvalue weighted by Gasteiger charge is -2.24. The van der Waals surface area contributed by atoms with Gasteiger partial charge in [0.2, 0.25) is 5.91 Å². The minimum absolute atomic E-state index is 0.0489. The van der Waals surface area contributed by atoms with Crippen LogP contribution < -0.4 is 5.32 Å². The molecule has 0 aliphatic heterocycles. The first-order valence-corrected chi connectivity index (χ1v) is 7.19. The van der Waals surface area contributed by atoms with E-state index in [-0.39, 0.29) is 5.91 Å². The van der Waals surface area contributed by atoms with Gasteiger partial charge in [-0.1, -0.05) is 30.3 Å². The molecule has 1 N–H and O–H groups in total. The Bertz CT molecular complexity index is 624. The summed E-state index contributed by atoms with van der Waals surface area (Å²) in [7, 11) is 0. The minimum atomic E-state index is -0.595. The number of pyridine rings is 1. The molecule has 1 heterocycles. The fraction of sp³-hybridized carbons (Fsp3) is 0.250. The number of anilines is 1. The number of nitrogens with zero attached hydrogens (tertiary/aromatic N) is 1. The third-order valence-corrected chi connectivity index (χ3v) is 4.17. The van der Waals surface area contributed by atoms with Gasteiger partial charge in [0, 0.05) is 0 Å². The number of rotatable bonds is 3. The van der Waals surface area contributed by atoms with Gasteiger partial charge in [-0.05, 0) is 53.9 Å².